The average Bonchev–Trinajstić information content (AvgIpc) is 3.64. The first-order valence-electron chi connectivity index (χ1n) is 16.4. The monoisotopic (exact) mass is 611 g/mol. The lowest BCUT2D eigenvalue weighted by Gasteiger charge is -2.34. The van der Waals surface area contributed by atoms with Gasteiger partial charge in [-0.2, -0.15) is 0 Å². The fourth-order valence-corrected chi connectivity index (χ4v) is 8.07. The predicted octanol–water partition coefficient (Wildman–Crippen LogP) is 10.8. The molecule has 0 aliphatic heterocycles. The van der Waals surface area contributed by atoms with E-state index in [1.807, 2.05) is 24.3 Å². The molecule has 7 aromatic carbocycles. The molecule has 9 aromatic rings. The van der Waals surface area contributed by atoms with Gasteiger partial charge >= 0.3 is 0 Å². The van der Waals surface area contributed by atoms with E-state index in [0.29, 0.717) is 0 Å². The average molecular weight is 612 g/mol. The van der Waals surface area contributed by atoms with Gasteiger partial charge < -0.3 is 0 Å². The van der Waals surface area contributed by atoms with E-state index in [-0.39, 0.29) is 0 Å². The number of benzene rings is 7. The lowest BCUT2D eigenvalue weighted by Crippen LogP contribution is -2.28. The summed E-state index contributed by atoms with van der Waals surface area (Å²) in [5, 5.41) is 2.39. The van der Waals surface area contributed by atoms with Gasteiger partial charge in [0.25, 0.3) is 0 Å². The molecule has 0 spiro atoms. The summed E-state index contributed by atoms with van der Waals surface area (Å²) in [7, 11) is 0. The van der Waals surface area contributed by atoms with Crippen LogP contribution < -0.4 is 0 Å². The molecule has 1 aliphatic carbocycles. The van der Waals surface area contributed by atoms with Crippen LogP contribution in [0.15, 0.2) is 176 Å². The number of fused-ring (bicyclic) bond motifs is 7. The molecule has 0 saturated carbocycles. The molecular weight excluding hydrogens is 583 g/mol. The summed E-state index contributed by atoms with van der Waals surface area (Å²) in [6, 6.07) is 63.1. The van der Waals surface area contributed by atoms with Crippen molar-refractivity contribution >= 4 is 32.8 Å². The van der Waals surface area contributed by atoms with Crippen molar-refractivity contribution in [1.29, 1.82) is 0 Å². The zero-order chi connectivity index (χ0) is 31.7. The molecule has 3 heteroatoms. The number of hydrogen-bond acceptors (Lipinski definition) is 2. The van der Waals surface area contributed by atoms with Crippen LogP contribution in [-0.4, -0.2) is 14.5 Å². The minimum Gasteiger partial charge on any atom is -0.292 e. The van der Waals surface area contributed by atoms with Crippen LogP contribution in [0.4, 0.5) is 0 Å². The Labute approximate surface area is 278 Å². The van der Waals surface area contributed by atoms with Crippen LogP contribution in [0.1, 0.15) is 22.3 Å². The second-order valence-corrected chi connectivity index (χ2v) is 12.5. The standard InChI is InChI=1S/C45H29N3/c1-4-16-30(17-5-1)43-44(47-40-26-14-13-25-39(40)46-43)48-41-27-15-11-23-34(41)36-28-35-33-22-10-12-24-37(33)45(38(35)29-42(36)48,31-18-6-2-7-19-31)32-20-8-3-9-21-32/h1-29H. The summed E-state index contributed by atoms with van der Waals surface area (Å²) >= 11 is 0. The van der Waals surface area contributed by atoms with Gasteiger partial charge in [0, 0.05) is 16.3 Å². The number of hydrogen-bond donors (Lipinski definition) is 0. The topological polar surface area (TPSA) is 30.7 Å². The van der Waals surface area contributed by atoms with E-state index in [2.05, 4.69) is 156 Å². The van der Waals surface area contributed by atoms with E-state index < -0.39 is 5.41 Å². The lowest BCUT2D eigenvalue weighted by molar-refractivity contribution is 0.769. The first kappa shape index (κ1) is 26.9. The molecule has 10 rings (SSSR count). The Morgan fingerprint density at radius 2 is 1.00 bits per heavy atom. The first-order chi connectivity index (χ1) is 23.8. The van der Waals surface area contributed by atoms with E-state index in [9.17, 15) is 0 Å². The molecule has 0 amide bonds. The van der Waals surface area contributed by atoms with Crippen LogP contribution in [0.3, 0.4) is 0 Å². The normalized spacial score (nSPS) is 13.2. The van der Waals surface area contributed by atoms with Gasteiger partial charge in [-0.05, 0) is 63.7 Å². The highest BCUT2D eigenvalue weighted by Gasteiger charge is 2.46. The molecule has 3 nitrogen and oxygen atoms in total. The quantitative estimate of drug-likeness (QED) is 0.198. The number of aromatic nitrogens is 3. The molecule has 0 atom stereocenters. The summed E-state index contributed by atoms with van der Waals surface area (Å²) in [4.78, 5) is 10.6. The summed E-state index contributed by atoms with van der Waals surface area (Å²) in [5.41, 5.74) is 13.0. The third-order valence-corrected chi connectivity index (χ3v) is 10.1. The third-order valence-electron chi connectivity index (χ3n) is 10.1. The zero-order valence-corrected chi connectivity index (χ0v) is 26.1. The van der Waals surface area contributed by atoms with E-state index in [0.717, 1.165) is 39.1 Å². The molecular formula is C45H29N3. The van der Waals surface area contributed by atoms with Crippen molar-refractivity contribution in [3.05, 3.63) is 198 Å². The van der Waals surface area contributed by atoms with Crippen LogP contribution in [0.25, 0.3) is 61.0 Å². The minimum atomic E-state index is -0.499. The van der Waals surface area contributed by atoms with Crippen molar-refractivity contribution < 1.29 is 0 Å². The van der Waals surface area contributed by atoms with E-state index in [4.69, 9.17) is 9.97 Å². The number of rotatable bonds is 4. The predicted molar refractivity (Wildman–Crippen MR) is 197 cm³/mol. The molecule has 0 fully saturated rings. The Morgan fingerprint density at radius 3 is 1.73 bits per heavy atom. The molecule has 0 unspecified atom stereocenters. The van der Waals surface area contributed by atoms with Gasteiger partial charge in [0.2, 0.25) is 0 Å². The van der Waals surface area contributed by atoms with Gasteiger partial charge in [0.15, 0.2) is 5.82 Å². The smallest absolute Gasteiger partial charge is 0.165 e. The van der Waals surface area contributed by atoms with Crippen molar-refractivity contribution in [2.75, 3.05) is 0 Å². The van der Waals surface area contributed by atoms with Crippen LogP contribution in [0.2, 0.25) is 0 Å². The van der Waals surface area contributed by atoms with Gasteiger partial charge in [0.1, 0.15) is 5.69 Å². The van der Waals surface area contributed by atoms with Crippen molar-refractivity contribution in [1.82, 2.24) is 14.5 Å². The summed E-state index contributed by atoms with van der Waals surface area (Å²) < 4.78 is 2.34. The van der Waals surface area contributed by atoms with Gasteiger partial charge in [-0.15, -0.1) is 0 Å². The van der Waals surface area contributed by atoms with E-state index in [1.165, 1.54) is 44.2 Å². The molecule has 1 aliphatic rings. The molecule has 0 radical (unpaired) electrons. The van der Waals surface area contributed by atoms with Crippen molar-refractivity contribution in [2.45, 2.75) is 5.41 Å². The Balaban J connectivity index is 1.38. The van der Waals surface area contributed by atoms with E-state index in [1.54, 1.807) is 0 Å². The molecule has 0 saturated heterocycles. The summed E-state index contributed by atoms with van der Waals surface area (Å²) in [5.74, 6) is 0.826. The highest BCUT2D eigenvalue weighted by atomic mass is 15.1. The van der Waals surface area contributed by atoms with Crippen LogP contribution in [0.5, 0.6) is 0 Å². The highest BCUT2D eigenvalue weighted by Crippen LogP contribution is 2.57. The maximum absolute atomic E-state index is 5.38. The SMILES string of the molecule is c1ccc(-c2nc3ccccc3nc2-n2c3ccccc3c3cc4c(cc32)C(c2ccccc2)(c2ccccc2)c2ccccc2-4)cc1. The maximum atomic E-state index is 5.38. The molecule has 0 N–H and O–H groups in total. The number of para-hydroxylation sites is 3. The Morgan fingerprint density at radius 1 is 0.417 bits per heavy atom. The second-order valence-electron chi connectivity index (χ2n) is 12.5. The van der Waals surface area contributed by atoms with Crippen LogP contribution >= 0.6 is 0 Å². The van der Waals surface area contributed by atoms with Crippen molar-refractivity contribution in [3.8, 4) is 28.2 Å². The zero-order valence-electron chi connectivity index (χ0n) is 26.1. The lowest BCUT2D eigenvalue weighted by atomic mass is 9.67. The molecule has 0 bridgehead atoms. The van der Waals surface area contributed by atoms with E-state index >= 15 is 0 Å². The largest absolute Gasteiger partial charge is 0.292 e. The van der Waals surface area contributed by atoms with Gasteiger partial charge in [-0.1, -0.05) is 146 Å². The molecule has 224 valence electrons. The van der Waals surface area contributed by atoms with Crippen LogP contribution in [0, 0.1) is 0 Å². The second kappa shape index (κ2) is 10.3. The Kier molecular flexibility index (Phi) is 5.79. The van der Waals surface area contributed by atoms with Gasteiger partial charge in [0.05, 0.1) is 27.5 Å². The van der Waals surface area contributed by atoms with Crippen LogP contribution in [-0.2, 0) is 5.41 Å². The van der Waals surface area contributed by atoms with Gasteiger partial charge in [-0.3, -0.25) is 4.57 Å². The maximum Gasteiger partial charge on any atom is 0.165 e. The number of nitrogens with zero attached hydrogens (tertiary/aromatic N) is 3. The minimum absolute atomic E-state index is 0.499. The van der Waals surface area contributed by atoms with Crippen molar-refractivity contribution in [3.63, 3.8) is 0 Å². The fraction of sp³-hybridized carbons (Fsp3) is 0.0222. The Hall–Kier alpha value is -6.32. The Bertz CT molecular complexity index is 2620. The summed E-state index contributed by atoms with van der Waals surface area (Å²) in [6.45, 7) is 0. The molecule has 48 heavy (non-hydrogen) atoms. The fourth-order valence-electron chi connectivity index (χ4n) is 8.07. The third kappa shape index (κ3) is 3.70. The summed E-state index contributed by atoms with van der Waals surface area (Å²) in [6.07, 6.45) is 0. The van der Waals surface area contributed by atoms with Gasteiger partial charge in [-0.25, -0.2) is 9.97 Å². The first-order valence-corrected chi connectivity index (χ1v) is 16.4. The molecule has 2 aromatic heterocycles. The highest BCUT2D eigenvalue weighted by molar-refractivity contribution is 6.12. The molecule has 2 heterocycles. The van der Waals surface area contributed by atoms with Crippen molar-refractivity contribution in [2.24, 2.45) is 0 Å².